The van der Waals surface area contributed by atoms with Crippen molar-refractivity contribution in [2.24, 2.45) is 0 Å². The average molecular weight is 354 g/mol. The molecule has 1 aromatic rings. The zero-order valence-electron chi connectivity index (χ0n) is 16.1. The quantitative estimate of drug-likeness (QED) is 0.724. The summed E-state index contributed by atoms with van der Waals surface area (Å²) in [4.78, 5) is 11.2. The number of aliphatic carboxylic acids is 1. The molecule has 136 valence electrons. The van der Waals surface area contributed by atoms with Gasteiger partial charge < -0.3 is 14.3 Å². The topological polar surface area (TPSA) is 67.8 Å². The van der Waals surface area contributed by atoms with Gasteiger partial charge in [0, 0.05) is 6.54 Å². The fourth-order valence-electron chi connectivity index (χ4n) is 1.74. The molecule has 0 fully saturated rings. The fourth-order valence-corrected chi connectivity index (χ4v) is 2.75. The minimum absolute atomic E-state index is 0.0809. The Balaban J connectivity index is 3.03. The zero-order valence-corrected chi connectivity index (χ0v) is 17.1. The smallest absolute Gasteiger partial charge is 0.323 e. The Morgan fingerprint density at radius 1 is 1.17 bits per heavy atom. The number of ether oxygens (including phenoxy) is 1. The Morgan fingerprint density at radius 3 is 2.21 bits per heavy atom. The first-order valence-electron chi connectivity index (χ1n) is 8.14. The highest BCUT2D eigenvalue weighted by atomic mass is 28.4. The van der Waals surface area contributed by atoms with E-state index in [1.54, 1.807) is 21.0 Å². The van der Waals surface area contributed by atoms with Crippen molar-refractivity contribution in [3.05, 3.63) is 23.8 Å². The summed E-state index contributed by atoms with van der Waals surface area (Å²) in [6, 6.07) is 5.72. The zero-order chi connectivity index (χ0) is 18.8. The van der Waals surface area contributed by atoms with Crippen LogP contribution in [-0.4, -0.2) is 32.0 Å². The molecule has 0 amide bonds. The Bertz CT molecular complexity index is 591. The highest BCUT2D eigenvalue weighted by Crippen LogP contribution is 2.40. The second-order valence-corrected chi connectivity index (χ2v) is 12.9. The maximum atomic E-state index is 11.2. The maximum absolute atomic E-state index is 11.2. The SMILES string of the molecule is COc1ccc(CNC(C)(C)C(=O)O)cc1O[Si](C)(C)C(C)(C)C. The van der Waals surface area contributed by atoms with Gasteiger partial charge in [0.1, 0.15) is 11.3 Å². The molecule has 2 N–H and O–H groups in total. The molecule has 6 heteroatoms. The van der Waals surface area contributed by atoms with Gasteiger partial charge in [0.25, 0.3) is 8.32 Å². The van der Waals surface area contributed by atoms with Gasteiger partial charge in [-0.15, -0.1) is 0 Å². The summed E-state index contributed by atoms with van der Waals surface area (Å²) in [7, 11) is -0.364. The standard InChI is InChI=1S/C18H31NO4Si/c1-17(2,3)24(7,8)23-15-11-13(9-10-14(15)22-6)12-19-18(4,5)16(20)21/h9-11,19H,12H2,1-8H3,(H,20,21). The van der Waals surface area contributed by atoms with Crippen LogP contribution in [0.5, 0.6) is 11.5 Å². The normalized spacial score (nSPS) is 12.8. The van der Waals surface area contributed by atoms with E-state index >= 15 is 0 Å². The van der Waals surface area contributed by atoms with Crippen LogP contribution in [0.3, 0.4) is 0 Å². The molecule has 1 aromatic carbocycles. The van der Waals surface area contributed by atoms with E-state index < -0.39 is 19.8 Å². The van der Waals surface area contributed by atoms with Gasteiger partial charge in [-0.25, -0.2) is 0 Å². The van der Waals surface area contributed by atoms with Crippen molar-refractivity contribution in [1.82, 2.24) is 5.32 Å². The number of hydrogen-bond donors (Lipinski definition) is 2. The van der Waals surface area contributed by atoms with Gasteiger partial charge in [0.15, 0.2) is 5.75 Å². The summed E-state index contributed by atoms with van der Waals surface area (Å²) >= 11 is 0. The lowest BCUT2D eigenvalue weighted by atomic mass is 10.1. The van der Waals surface area contributed by atoms with Crippen LogP contribution in [0, 0.1) is 0 Å². The first-order valence-corrected chi connectivity index (χ1v) is 11.1. The molecular weight excluding hydrogens is 322 g/mol. The molecule has 0 bridgehead atoms. The van der Waals surface area contributed by atoms with Crippen LogP contribution in [0.15, 0.2) is 18.2 Å². The van der Waals surface area contributed by atoms with E-state index in [0.717, 1.165) is 11.3 Å². The molecule has 0 aliphatic heterocycles. The highest BCUT2D eigenvalue weighted by molar-refractivity contribution is 6.74. The van der Waals surface area contributed by atoms with E-state index in [2.05, 4.69) is 39.2 Å². The molecule has 0 saturated heterocycles. The third kappa shape index (κ3) is 4.98. The first-order chi connectivity index (χ1) is 10.8. The number of carboxylic acids is 1. The molecule has 0 aromatic heterocycles. The highest BCUT2D eigenvalue weighted by Gasteiger charge is 2.39. The lowest BCUT2D eigenvalue weighted by Crippen LogP contribution is -2.46. The van der Waals surface area contributed by atoms with Gasteiger partial charge in [-0.1, -0.05) is 26.8 Å². The number of benzene rings is 1. The summed E-state index contributed by atoms with van der Waals surface area (Å²) in [6.07, 6.45) is 0. The van der Waals surface area contributed by atoms with Crippen LogP contribution < -0.4 is 14.5 Å². The third-order valence-corrected chi connectivity index (χ3v) is 9.01. The van der Waals surface area contributed by atoms with Crippen molar-refractivity contribution in [2.75, 3.05) is 7.11 Å². The molecule has 0 aliphatic rings. The number of hydrogen-bond acceptors (Lipinski definition) is 4. The predicted molar refractivity (Wildman–Crippen MR) is 99.4 cm³/mol. The average Bonchev–Trinajstić information content (AvgIpc) is 2.43. The summed E-state index contributed by atoms with van der Waals surface area (Å²) in [5.41, 5.74) is -0.0285. The van der Waals surface area contributed by atoms with Crippen LogP contribution in [0.25, 0.3) is 0 Å². The number of rotatable bonds is 7. The predicted octanol–water partition coefficient (Wildman–Crippen LogP) is 4.03. The first kappa shape index (κ1) is 20.5. The van der Waals surface area contributed by atoms with Crippen molar-refractivity contribution >= 4 is 14.3 Å². The van der Waals surface area contributed by atoms with E-state index in [1.807, 2.05) is 18.2 Å². The largest absolute Gasteiger partial charge is 0.541 e. The van der Waals surface area contributed by atoms with E-state index in [4.69, 9.17) is 9.16 Å². The molecule has 1 rings (SSSR count). The van der Waals surface area contributed by atoms with Crippen LogP contribution >= 0.6 is 0 Å². The second kappa shape index (κ2) is 7.15. The minimum atomic E-state index is -1.99. The van der Waals surface area contributed by atoms with Gasteiger partial charge in [-0.2, -0.15) is 0 Å². The monoisotopic (exact) mass is 353 g/mol. The van der Waals surface area contributed by atoms with Gasteiger partial charge in [0.05, 0.1) is 7.11 Å². The molecular formula is C18H31NO4Si. The lowest BCUT2D eigenvalue weighted by molar-refractivity contribution is -0.143. The van der Waals surface area contributed by atoms with Crippen molar-refractivity contribution in [1.29, 1.82) is 0 Å². The van der Waals surface area contributed by atoms with Crippen molar-refractivity contribution in [3.8, 4) is 11.5 Å². The molecule has 0 saturated carbocycles. The van der Waals surface area contributed by atoms with Crippen LogP contribution in [-0.2, 0) is 11.3 Å². The second-order valence-electron chi connectivity index (χ2n) is 8.13. The third-order valence-electron chi connectivity index (χ3n) is 4.67. The molecule has 0 atom stereocenters. The molecule has 24 heavy (non-hydrogen) atoms. The lowest BCUT2D eigenvalue weighted by Gasteiger charge is -2.37. The number of carbonyl (C=O) groups is 1. The van der Waals surface area contributed by atoms with Crippen LogP contribution in [0.4, 0.5) is 0 Å². The Hall–Kier alpha value is -1.53. The van der Waals surface area contributed by atoms with E-state index in [9.17, 15) is 9.90 Å². The molecule has 0 aliphatic carbocycles. The summed E-state index contributed by atoms with van der Waals surface area (Å²) in [5, 5.41) is 12.3. The van der Waals surface area contributed by atoms with Gasteiger partial charge in [0.2, 0.25) is 0 Å². The fraction of sp³-hybridized carbons (Fsp3) is 0.611. The summed E-state index contributed by atoms with van der Waals surface area (Å²) < 4.78 is 11.8. The van der Waals surface area contributed by atoms with E-state index in [1.165, 1.54) is 0 Å². The summed E-state index contributed by atoms with van der Waals surface area (Å²) in [6.45, 7) is 14.7. The molecule has 0 spiro atoms. The van der Waals surface area contributed by atoms with E-state index in [0.29, 0.717) is 12.3 Å². The number of nitrogens with one attached hydrogen (secondary N) is 1. The van der Waals surface area contributed by atoms with Gasteiger partial charge in [-0.3, -0.25) is 10.1 Å². The Morgan fingerprint density at radius 2 is 1.75 bits per heavy atom. The maximum Gasteiger partial charge on any atom is 0.323 e. The number of carboxylic acid groups (broad SMARTS) is 1. The van der Waals surface area contributed by atoms with Crippen molar-refractivity contribution in [2.45, 2.75) is 64.8 Å². The molecule has 0 radical (unpaired) electrons. The van der Waals surface area contributed by atoms with Crippen molar-refractivity contribution < 1.29 is 19.1 Å². The Kier molecular flexibility index (Phi) is 6.11. The van der Waals surface area contributed by atoms with Crippen LogP contribution in [0.2, 0.25) is 18.1 Å². The van der Waals surface area contributed by atoms with Crippen molar-refractivity contribution in [3.63, 3.8) is 0 Å². The molecule has 5 nitrogen and oxygen atoms in total. The minimum Gasteiger partial charge on any atom is -0.541 e. The van der Waals surface area contributed by atoms with Crippen LogP contribution in [0.1, 0.15) is 40.2 Å². The summed E-state index contributed by atoms with van der Waals surface area (Å²) in [5.74, 6) is 0.534. The number of methoxy groups -OCH3 is 1. The molecule has 0 heterocycles. The Labute approximate surface area is 146 Å². The van der Waals surface area contributed by atoms with Gasteiger partial charge in [-0.05, 0) is 49.7 Å². The molecule has 0 unspecified atom stereocenters. The van der Waals surface area contributed by atoms with Gasteiger partial charge >= 0.3 is 5.97 Å². The van der Waals surface area contributed by atoms with E-state index in [-0.39, 0.29) is 5.04 Å².